The first kappa shape index (κ1) is 20.6. The fourth-order valence-electron chi connectivity index (χ4n) is 4.15. The number of aliphatic hydroxyl groups is 1. The van der Waals surface area contributed by atoms with E-state index in [1.54, 1.807) is 12.1 Å². The molecule has 0 aromatic heterocycles. The van der Waals surface area contributed by atoms with Crippen molar-refractivity contribution in [2.45, 2.75) is 31.5 Å². The summed E-state index contributed by atoms with van der Waals surface area (Å²) in [6.45, 7) is 2.67. The molecule has 0 bridgehead atoms. The summed E-state index contributed by atoms with van der Waals surface area (Å²) in [5, 5.41) is 13.2. The highest BCUT2D eigenvalue weighted by Gasteiger charge is 2.27. The van der Waals surface area contributed by atoms with Crippen LogP contribution in [0.3, 0.4) is 0 Å². The average molecular weight is 408 g/mol. The van der Waals surface area contributed by atoms with E-state index in [0.29, 0.717) is 37.6 Å². The Bertz CT molecular complexity index is 907. The molecule has 1 amide bonds. The first-order valence-electron chi connectivity index (χ1n) is 10.6. The minimum atomic E-state index is -0.400. The highest BCUT2D eigenvalue weighted by atomic mass is 16.5. The smallest absolute Gasteiger partial charge is 0.252 e. The molecule has 1 aliphatic heterocycles. The molecular weight excluding hydrogens is 378 g/mol. The van der Waals surface area contributed by atoms with Crippen LogP contribution in [0.15, 0.2) is 54.6 Å². The molecule has 6 nitrogen and oxygen atoms in total. The lowest BCUT2D eigenvalue weighted by Crippen LogP contribution is -2.46. The fourth-order valence-corrected chi connectivity index (χ4v) is 4.15. The number of nitrogen functional groups attached to an aromatic ring is 1. The van der Waals surface area contributed by atoms with Gasteiger partial charge in [-0.15, -0.1) is 0 Å². The second kappa shape index (κ2) is 9.43. The van der Waals surface area contributed by atoms with E-state index < -0.39 is 6.10 Å². The van der Waals surface area contributed by atoms with Crippen LogP contribution in [0.4, 0.5) is 5.69 Å². The van der Waals surface area contributed by atoms with E-state index in [9.17, 15) is 9.90 Å². The third-order valence-corrected chi connectivity index (χ3v) is 5.81. The molecule has 2 unspecified atom stereocenters. The molecule has 1 aliphatic carbocycles. The molecule has 2 aliphatic rings. The van der Waals surface area contributed by atoms with Gasteiger partial charge in [-0.05, 0) is 54.7 Å². The van der Waals surface area contributed by atoms with Crippen molar-refractivity contribution in [2.75, 3.05) is 32.0 Å². The number of anilines is 1. The number of hydrogen-bond donors (Lipinski definition) is 3. The zero-order valence-electron chi connectivity index (χ0n) is 17.1. The quantitative estimate of drug-likeness (QED) is 0.664. The van der Waals surface area contributed by atoms with E-state index >= 15 is 0 Å². The van der Waals surface area contributed by atoms with Crippen molar-refractivity contribution in [2.24, 2.45) is 0 Å². The van der Waals surface area contributed by atoms with Crippen LogP contribution in [-0.4, -0.2) is 48.3 Å². The minimum absolute atomic E-state index is 0.135. The molecule has 2 atom stereocenters. The maximum absolute atomic E-state index is 13.0. The normalized spacial score (nSPS) is 21.0. The van der Waals surface area contributed by atoms with Gasteiger partial charge in [0, 0.05) is 29.9 Å². The molecule has 1 fully saturated rings. The molecular formula is C24H29N3O3. The predicted octanol–water partition coefficient (Wildman–Crippen LogP) is 2.96. The van der Waals surface area contributed by atoms with Crippen molar-refractivity contribution in [1.29, 1.82) is 0 Å². The van der Waals surface area contributed by atoms with Crippen LogP contribution in [0.5, 0.6) is 0 Å². The molecule has 2 aromatic carbocycles. The minimum Gasteiger partial charge on any atom is -0.398 e. The van der Waals surface area contributed by atoms with Gasteiger partial charge in [-0.25, -0.2) is 0 Å². The van der Waals surface area contributed by atoms with Crippen LogP contribution >= 0.6 is 0 Å². The molecule has 158 valence electrons. The Balaban J connectivity index is 1.67. The number of rotatable bonds is 5. The van der Waals surface area contributed by atoms with Crippen LogP contribution < -0.4 is 11.1 Å². The van der Waals surface area contributed by atoms with Crippen LogP contribution in [-0.2, 0) is 4.74 Å². The standard InChI is InChI=1S/C24H29N3O3/c25-22-10-9-19(18-7-4-8-20(28)15-18)16-21(22)23(27-11-13-30-14-12-27)26-24(29)17-5-2-1-3-6-17/h1-3,5-6,9-10,15-16,20,23,28H,4,7-8,11-14,25H2,(H,26,29). The van der Waals surface area contributed by atoms with E-state index in [4.69, 9.17) is 10.5 Å². The molecule has 6 heteroatoms. The van der Waals surface area contributed by atoms with E-state index in [1.165, 1.54) is 0 Å². The summed E-state index contributed by atoms with van der Waals surface area (Å²) in [6.07, 6.45) is 3.88. The highest BCUT2D eigenvalue weighted by molar-refractivity contribution is 5.94. The molecule has 4 N–H and O–H groups in total. The van der Waals surface area contributed by atoms with Gasteiger partial charge in [0.05, 0.1) is 19.3 Å². The van der Waals surface area contributed by atoms with E-state index in [0.717, 1.165) is 36.0 Å². The summed E-state index contributed by atoms with van der Waals surface area (Å²) in [5.41, 5.74) is 10.7. The van der Waals surface area contributed by atoms with Crippen molar-refractivity contribution in [1.82, 2.24) is 10.2 Å². The average Bonchev–Trinajstić information content (AvgIpc) is 2.79. The molecule has 0 spiro atoms. The summed E-state index contributed by atoms with van der Waals surface area (Å²) in [4.78, 5) is 15.2. The van der Waals surface area contributed by atoms with Gasteiger partial charge in [0.2, 0.25) is 0 Å². The SMILES string of the molecule is Nc1ccc(C2=CC(O)CCC2)cc1C(NC(=O)c1ccccc1)N1CCOCC1. The number of allylic oxidation sites excluding steroid dienone is 1. The van der Waals surface area contributed by atoms with Crippen LogP contribution in [0.1, 0.15) is 46.9 Å². The number of amides is 1. The molecule has 30 heavy (non-hydrogen) atoms. The Kier molecular flexibility index (Phi) is 6.47. The number of nitrogens with one attached hydrogen (secondary N) is 1. The van der Waals surface area contributed by atoms with Crippen molar-refractivity contribution >= 4 is 17.2 Å². The molecule has 0 radical (unpaired) electrons. The Morgan fingerprint density at radius 3 is 2.67 bits per heavy atom. The van der Waals surface area contributed by atoms with Gasteiger partial charge in [0.15, 0.2) is 0 Å². The second-order valence-electron chi connectivity index (χ2n) is 7.89. The van der Waals surface area contributed by atoms with Crippen LogP contribution in [0, 0.1) is 0 Å². The van der Waals surface area contributed by atoms with Crippen LogP contribution in [0.2, 0.25) is 0 Å². The maximum atomic E-state index is 13.0. The van der Waals surface area contributed by atoms with Crippen molar-refractivity contribution < 1.29 is 14.6 Å². The Morgan fingerprint density at radius 2 is 1.93 bits per heavy atom. The van der Waals surface area contributed by atoms with Gasteiger partial charge in [-0.3, -0.25) is 9.69 Å². The van der Waals surface area contributed by atoms with E-state index in [1.807, 2.05) is 36.4 Å². The molecule has 0 saturated carbocycles. The monoisotopic (exact) mass is 407 g/mol. The molecule has 2 aromatic rings. The van der Waals surface area contributed by atoms with Gasteiger partial charge >= 0.3 is 0 Å². The summed E-state index contributed by atoms with van der Waals surface area (Å²) in [7, 11) is 0. The molecule has 1 saturated heterocycles. The highest BCUT2D eigenvalue weighted by Crippen LogP contribution is 2.32. The largest absolute Gasteiger partial charge is 0.398 e. The Labute approximate surface area is 177 Å². The van der Waals surface area contributed by atoms with E-state index in [-0.39, 0.29) is 12.1 Å². The van der Waals surface area contributed by atoms with Gasteiger partial charge < -0.3 is 20.9 Å². The summed E-state index contributed by atoms with van der Waals surface area (Å²) in [5.74, 6) is -0.135. The first-order chi connectivity index (χ1) is 14.6. The zero-order chi connectivity index (χ0) is 20.9. The zero-order valence-corrected chi connectivity index (χ0v) is 17.1. The van der Waals surface area contributed by atoms with Crippen molar-refractivity contribution in [3.05, 3.63) is 71.3 Å². The lowest BCUT2D eigenvalue weighted by molar-refractivity contribution is 0.00863. The number of carbonyl (C=O) groups is 1. The number of benzene rings is 2. The van der Waals surface area contributed by atoms with E-state index in [2.05, 4.69) is 16.3 Å². The summed E-state index contributed by atoms with van der Waals surface area (Å²) < 4.78 is 5.51. The predicted molar refractivity (Wildman–Crippen MR) is 118 cm³/mol. The Morgan fingerprint density at radius 1 is 1.17 bits per heavy atom. The lowest BCUT2D eigenvalue weighted by atomic mass is 9.90. The maximum Gasteiger partial charge on any atom is 0.252 e. The number of ether oxygens (including phenoxy) is 1. The number of carbonyl (C=O) groups excluding carboxylic acids is 1. The third kappa shape index (κ3) is 4.73. The molecule has 1 heterocycles. The van der Waals surface area contributed by atoms with Gasteiger partial charge in [0.1, 0.15) is 6.17 Å². The number of hydrogen-bond acceptors (Lipinski definition) is 5. The van der Waals surface area contributed by atoms with Gasteiger partial charge in [0.25, 0.3) is 5.91 Å². The molecule has 4 rings (SSSR count). The Hall–Kier alpha value is -2.67. The fraction of sp³-hybridized carbons (Fsp3) is 0.375. The number of morpholine rings is 1. The summed E-state index contributed by atoms with van der Waals surface area (Å²) in [6, 6.07) is 15.2. The topological polar surface area (TPSA) is 87.8 Å². The van der Waals surface area contributed by atoms with Gasteiger partial charge in [-0.2, -0.15) is 0 Å². The number of nitrogens with zero attached hydrogens (tertiary/aromatic N) is 1. The van der Waals surface area contributed by atoms with Crippen molar-refractivity contribution in [3.63, 3.8) is 0 Å². The first-order valence-corrected chi connectivity index (χ1v) is 10.6. The van der Waals surface area contributed by atoms with Crippen LogP contribution in [0.25, 0.3) is 5.57 Å². The second-order valence-corrected chi connectivity index (χ2v) is 7.89. The number of nitrogens with two attached hydrogens (primary N) is 1. The summed E-state index contributed by atoms with van der Waals surface area (Å²) >= 11 is 0. The third-order valence-electron chi connectivity index (χ3n) is 5.81. The van der Waals surface area contributed by atoms with Gasteiger partial charge in [-0.1, -0.05) is 30.3 Å². The van der Waals surface area contributed by atoms with Crippen molar-refractivity contribution in [3.8, 4) is 0 Å². The lowest BCUT2D eigenvalue weighted by Gasteiger charge is -2.36. The number of aliphatic hydroxyl groups excluding tert-OH is 1.